The van der Waals surface area contributed by atoms with E-state index in [1.807, 2.05) is 0 Å². The maximum absolute atomic E-state index is 5.82. The fourth-order valence-corrected chi connectivity index (χ4v) is 1.83. The Balaban J connectivity index is 2.03. The highest BCUT2D eigenvalue weighted by atomic mass is 16.7. The highest BCUT2D eigenvalue weighted by Crippen LogP contribution is 2.17. The zero-order valence-corrected chi connectivity index (χ0v) is 9.63. The molecule has 1 heterocycles. The maximum atomic E-state index is 5.82. The van der Waals surface area contributed by atoms with Gasteiger partial charge in [-0.25, -0.2) is 0 Å². The van der Waals surface area contributed by atoms with Crippen molar-refractivity contribution >= 4 is 0 Å². The van der Waals surface area contributed by atoms with Gasteiger partial charge in [-0.1, -0.05) is 26.2 Å². The van der Waals surface area contributed by atoms with Gasteiger partial charge in [0.15, 0.2) is 6.29 Å². The van der Waals surface area contributed by atoms with Gasteiger partial charge in [-0.05, 0) is 32.6 Å². The third-order valence-corrected chi connectivity index (χ3v) is 2.74. The van der Waals surface area contributed by atoms with Crippen molar-refractivity contribution in [3.05, 3.63) is 0 Å². The Hall–Kier alpha value is -0.0800. The second-order valence-corrected chi connectivity index (χ2v) is 4.24. The number of unbranched alkanes of at least 4 members (excludes halogenated alkanes) is 2. The number of rotatable bonds is 6. The average Bonchev–Trinajstić information content (AvgIpc) is 2.20. The summed E-state index contributed by atoms with van der Waals surface area (Å²) in [5.74, 6) is 0. The van der Waals surface area contributed by atoms with Gasteiger partial charge in [-0.3, -0.25) is 0 Å². The van der Waals surface area contributed by atoms with E-state index in [-0.39, 0.29) is 6.29 Å². The smallest absolute Gasteiger partial charge is 0.157 e. The Morgan fingerprint density at radius 3 is 2.86 bits per heavy atom. The molecule has 2 unspecified atom stereocenters. The van der Waals surface area contributed by atoms with Gasteiger partial charge in [0.05, 0.1) is 6.10 Å². The highest BCUT2D eigenvalue weighted by Gasteiger charge is 2.16. The third kappa shape index (κ3) is 4.97. The van der Waals surface area contributed by atoms with E-state index in [1.165, 1.54) is 38.5 Å². The van der Waals surface area contributed by atoms with E-state index < -0.39 is 0 Å². The Morgan fingerprint density at radius 1 is 1.36 bits per heavy atom. The minimum Gasteiger partial charge on any atom is -0.353 e. The molecule has 0 aromatic rings. The molecule has 1 rings (SSSR count). The molecule has 14 heavy (non-hydrogen) atoms. The van der Waals surface area contributed by atoms with Crippen LogP contribution in [0.2, 0.25) is 0 Å². The second-order valence-electron chi connectivity index (χ2n) is 4.24. The molecular formula is C12H24O2. The van der Waals surface area contributed by atoms with Crippen LogP contribution in [0.1, 0.15) is 58.8 Å². The number of hydrogen-bond acceptors (Lipinski definition) is 2. The summed E-state index contributed by atoms with van der Waals surface area (Å²) in [5.41, 5.74) is 0. The molecule has 1 fully saturated rings. The minimum atomic E-state index is 0.0837. The quantitative estimate of drug-likeness (QED) is 0.611. The summed E-state index contributed by atoms with van der Waals surface area (Å²) in [5, 5.41) is 0. The standard InChI is InChI=1S/C12H24O2/c1-3-4-5-8-11(2)14-12-9-6-7-10-13-12/h11-12H,3-10H2,1-2H3. The Morgan fingerprint density at radius 2 is 2.21 bits per heavy atom. The minimum absolute atomic E-state index is 0.0837. The van der Waals surface area contributed by atoms with Crippen molar-refractivity contribution < 1.29 is 9.47 Å². The van der Waals surface area contributed by atoms with Crippen molar-refractivity contribution in [1.82, 2.24) is 0 Å². The van der Waals surface area contributed by atoms with E-state index >= 15 is 0 Å². The molecule has 1 saturated heterocycles. The van der Waals surface area contributed by atoms with Crippen LogP contribution in [0.4, 0.5) is 0 Å². The molecule has 1 aliphatic heterocycles. The summed E-state index contributed by atoms with van der Waals surface area (Å²) in [6.45, 7) is 5.27. The first-order chi connectivity index (χ1) is 6.83. The molecule has 0 saturated carbocycles. The molecule has 0 N–H and O–H groups in total. The molecule has 84 valence electrons. The molecule has 1 aliphatic rings. The molecule has 0 spiro atoms. The van der Waals surface area contributed by atoms with Gasteiger partial charge in [-0.15, -0.1) is 0 Å². The van der Waals surface area contributed by atoms with Crippen LogP contribution < -0.4 is 0 Å². The summed E-state index contributed by atoms with van der Waals surface area (Å²) in [6, 6.07) is 0. The van der Waals surface area contributed by atoms with Gasteiger partial charge in [0.25, 0.3) is 0 Å². The summed E-state index contributed by atoms with van der Waals surface area (Å²) in [7, 11) is 0. The van der Waals surface area contributed by atoms with Crippen molar-refractivity contribution in [2.24, 2.45) is 0 Å². The van der Waals surface area contributed by atoms with Crippen LogP contribution in [0.5, 0.6) is 0 Å². The summed E-state index contributed by atoms with van der Waals surface area (Å²) in [6.07, 6.45) is 9.04. The lowest BCUT2D eigenvalue weighted by molar-refractivity contribution is -0.185. The van der Waals surface area contributed by atoms with Crippen molar-refractivity contribution in [3.8, 4) is 0 Å². The van der Waals surface area contributed by atoms with E-state index in [1.54, 1.807) is 0 Å². The monoisotopic (exact) mass is 200 g/mol. The lowest BCUT2D eigenvalue weighted by atomic mass is 10.1. The molecule has 2 nitrogen and oxygen atoms in total. The molecule has 0 bridgehead atoms. The van der Waals surface area contributed by atoms with E-state index in [0.717, 1.165) is 13.0 Å². The Labute approximate surface area is 88.0 Å². The van der Waals surface area contributed by atoms with Crippen LogP contribution in [-0.2, 0) is 9.47 Å². The third-order valence-electron chi connectivity index (χ3n) is 2.74. The second kappa shape index (κ2) is 7.24. The van der Waals surface area contributed by atoms with Crippen LogP contribution in [-0.4, -0.2) is 19.0 Å². The maximum Gasteiger partial charge on any atom is 0.157 e. The lowest BCUT2D eigenvalue weighted by Crippen LogP contribution is -2.26. The normalized spacial score (nSPS) is 24.9. The fourth-order valence-electron chi connectivity index (χ4n) is 1.83. The van der Waals surface area contributed by atoms with Crippen molar-refractivity contribution in [1.29, 1.82) is 0 Å². The van der Waals surface area contributed by atoms with E-state index in [2.05, 4.69) is 13.8 Å². The molecule has 2 atom stereocenters. The summed E-state index contributed by atoms with van der Waals surface area (Å²) >= 11 is 0. The van der Waals surface area contributed by atoms with E-state index in [0.29, 0.717) is 6.10 Å². The van der Waals surface area contributed by atoms with Gasteiger partial charge < -0.3 is 9.47 Å². The summed E-state index contributed by atoms with van der Waals surface area (Å²) in [4.78, 5) is 0. The van der Waals surface area contributed by atoms with Crippen molar-refractivity contribution in [2.45, 2.75) is 71.2 Å². The topological polar surface area (TPSA) is 18.5 Å². The molecule has 0 aromatic carbocycles. The average molecular weight is 200 g/mol. The van der Waals surface area contributed by atoms with Gasteiger partial charge >= 0.3 is 0 Å². The van der Waals surface area contributed by atoms with Crippen LogP contribution >= 0.6 is 0 Å². The van der Waals surface area contributed by atoms with Crippen molar-refractivity contribution in [2.75, 3.05) is 6.61 Å². The summed E-state index contributed by atoms with van der Waals surface area (Å²) < 4.78 is 11.3. The zero-order chi connectivity index (χ0) is 10.2. The number of ether oxygens (including phenoxy) is 2. The Bertz CT molecular complexity index is 130. The van der Waals surface area contributed by atoms with Crippen LogP contribution in [0, 0.1) is 0 Å². The van der Waals surface area contributed by atoms with E-state index in [9.17, 15) is 0 Å². The first-order valence-corrected chi connectivity index (χ1v) is 6.10. The molecule has 0 amide bonds. The van der Waals surface area contributed by atoms with Crippen molar-refractivity contribution in [3.63, 3.8) is 0 Å². The largest absolute Gasteiger partial charge is 0.353 e. The molecular weight excluding hydrogens is 176 g/mol. The van der Waals surface area contributed by atoms with Crippen LogP contribution in [0.3, 0.4) is 0 Å². The SMILES string of the molecule is CCCCCC(C)OC1CCCCO1. The number of hydrogen-bond donors (Lipinski definition) is 0. The lowest BCUT2D eigenvalue weighted by Gasteiger charge is -2.26. The molecule has 0 aliphatic carbocycles. The van der Waals surface area contributed by atoms with Crippen LogP contribution in [0.15, 0.2) is 0 Å². The first-order valence-electron chi connectivity index (χ1n) is 6.10. The van der Waals surface area contributed by atoms with Crippen LogP contribution in [0.25, 0.3) is 0 Å². The highest BCUT2D eigenvalue weighted by molar-refractivity contribution is 4.58. The van der Waals surface area contributed by atoms with Gasteiger partial charge in [-0.2, -0.15) is 0 Å². The molecule has 0 radical (unpaired) electrons. The first kappa shape index (κ1) is 12.0. The van der Waals surface area contributed by atoms with Gasteiger partial charge in [0, 0.05) is 6.61 Å². The zero-order valence-electron chi connectivity index (χ0n) is 9.63. The Kier molecular flexibility index (Phi) is 6.20. The van der Waals surface area contributed by atoms with Gasteiger partial charge in [0.1, 0.15) is 0 Å². The predicted octanol–water partition coefficient (Wildman–Crippen LogP) is 3.50. The van der Waals surface area contributed by atoms with Gasteiger partial charge in [0.2, 0.25) is 0 Å². The van der Waals surface area contributed by atoms with E-state index in [4.69, 9.17) is 9.47 Å². The fraction of sp³-hybridized carbons (Fsp3) is 1.00. The molecule has 2 heteroatoms. The molecule has 0 aromatic heterocycles. The predicted molar refractivity (Wildman–Crippen MR) is 58.3 cm³/mol.